The van der Waals surface area contributed by atoms with Crippen LogP contribution in [-0.2, 0) is 17.7 Å². The van der Waals surface area contributed by atoms with Crippen LogP contribution in [0.25, 0.3) is 0 Å². The second-order valence-corrected chi connectivity index (χ2v) is 6.48. The Kier molecular flexibility index (Phi) is 5.00. The van der Waals surface area contributed by atoms with E-state index in [-0.39, 0.29) is 5.54 Å². The molecule has 1 N–H and O–H groups in total. The summed E-state index contributed by atoms with van der Waals surface area (Å²) in [5.74, 6) is 0.724. The van der Waals surface area contributed by atoms with Gasteiger partial charge >= 0.3 is 0 Å². The van der Waals surface area contributed by atoms with Crippen LogP contribution in [0.15, 0.2) is 24.3 Å². The van der Waals surface area contributed by atoms with Crippen molar-refractivity contribution < 1.29 is 4.74 Å². The number of ether oxygens (including phenoxy) is 1. The Hall–Kier alpha value is -0.860. The van der Waals surface area contributed by atoms with Crippen molar-refractivity contribution in [2.24, 2.45) is 5.92 Å². The van der Waals surface area contributed by atoms with Crippen molar-refractivity contribution in [3.63, 3.8) is 0 Å². The minimum absolute atomic E-state index is 0.148. The highest BCUT2D eigenvalue weighted by Gasteiger charge is 2.26. The Balaban J connectivity index is 1.85. The topological polar surface area (TPSA) is 21.3 Å². The fourth-order valence-corrected chi connectivity index (χ4v) is 2.65. The van der Waals surface area contributed by atoms with Crippen LogP contribution in [-0.4, -0.2) is 18.8 Å². The van der Waals surface area contributed by atoms with Crippen LogP contribution in [0.1, 0.15) is 44.7 Å². The summed E-state index contributed by atoms with van der Waals surface area (Å²) in [6, 6.07) is 9.02. The van der Waals surface area contributed by atoms with Crippen molar-refractivity contribution in [3.05, 3.63) is 35.4 Å². The highest BCUT2D eigenvalue weighted by molar-refractivity contribution is 5.23. The van der Waals surface area contributed by atoms with Crippen LogP contribution >= 0.6 is 0 Å². The number of rotatable bonds is 5. The van der Waals surface area contributed by atoms with E-state index in [1.807, 2.05) is 0 Å². The summed E-state index contributed by atoms with van der Waals surface area (Å²) in [5, 5.41) is 3.65. The Labute approximate surface area is 117 Å². The average Bonchev–Trinajstić information content (AvgIpc) is 2.38. The van der Waals surface area contributed by atoms with Crippen molar-refractivity contribution >= 4 is 0 Å². The molecule has 2 heteroatoms. The smallest absolute Gasteiger partial charge is 0.0645 e. The van der Waals surface area contributed by atoms with E-state index in [4.69, 9.17) is 4.74 Å². The fourth-order valence-electron chi connectivity index (χ4n) is 2.65. The number of hydrogen-bond donors (Lipinski definition) is 1. The standard InChI is InChI=1S/C17H27NO/c1-14(2)11-15-5-7-16(8-6-15)12-18-17(3)9-4-10-19-13-17/h5-8,14,18H,4,9-13H2,1-3H3. The maximum Gasteiger partial charge on any atom is 0.0645 e. The molecule has 1 aromatic carbocycles. The number of hydrogen-bond acceptors (Lipinski definition) is 2. The molecule has 19 heavy (non-hydrogen) atoms. The zero-order valence-electron chi connectivity index (χ0n) is 12.5. The molecule has 1 fully saturated rings. The van der Waals surface area contributed by atoms with Gasteiger partial charge in [0.1, 0.15) is 0 Å². The lowest BCUT2D eigenvalue weighted by molar-refractivity contribution is 0.0278. The molecule has 1 aliphatic heterocycles. The highest BCUT2D eigenvalue weighted by atomic mass is 16.5. The summed E-state index contributed by atoms with van der Waals surface area (Å²) in [7, 11) is 0. The third kappa shape index (κ3) is 4.63. The normalized spacial score (nSPS) is 23.8. The molecule has 0 radical (unpaired) electrons. The summed E-state index contributed by atoms with van der Waals surface area (Å²) < 4.78 is 5.57. The third-order valence-electron chi connectivity index (χ3n) is 3.82. The Morgan fingerprint density at radius 2 is 1.89 bits per heavy atom. The first kappa shape index (κ1) is 14.5. The maximum absolute atomic E-state index is 5.57. The van der Waals surface area contributed by atoms with Gasteiger partial charge in [-0.05, 0) is 43.2 Å². The van der Waals surface area contributed by atoms with Gasteiger partial charge in [0.25, 0.3) is 0 Å². The minimum atomic E-state index is 0.148. The van der Waals surface area contributed by atoms with Crippen LogP contribution in [0.2, 0.25) is 0 Å². The van der Waals surface area contributed by atoms with Crippen molar-refractivity contribution in [2.75, 3.05) is 13.2 Å². The molecule has 1 aliphatic rings. The Bertz CT molecular complexity index is 377. The van der Waals surface area contributed by atoms with Crippen molar-refractivity contribution in [2.45, 2.75) is 52.1 Å². The van der Waals surface area contributed by atoms with E-state index in [0.29, 0.717) is 0 Å². The predicted molar refractivity (Wildman–Crippen MR) is 80.3 cm³/mol. The largest absolute Gasteiger partial charge is 0.380 e. The maximum atomic E-state index is 5.57. The van der Waals surface area contributed by atoms with Crippen molar-refractivity contribution in [1.29, 1.82) is 0 Å². The highest BCUT2D eigenvalue weighted by Crippen LogP contribution is 2.19. The van der Waals surface area contributed by atoms with Gasteiger partial charge in [0.15, 0.2) is 0 Å². The first-order chi connectivity index (χ1) is 9.07. The van der Waals surface area contributed by atoms with Gasteiger partial charge in [-0.2, -0.15) is 0 Å². The first-order valence-electron chi connectivity index (χ1n) is 7.48. The molecule has 1 unspecified atom stereocenters. The lowest BCUT2D eigenvalue weighted by atomic mass is 9.94. The third-order valence-corrected chi connectivity index (χ3v) is 3.82. The van der Waals surface area contributed by atoms with E-state index in [1.54, 1.807) is 0 Å². The Morgan fingerprint density at radius 1 is 1.21 bits per heavy atom. The van der Waals surface area contributed by atoms with Crippen LogP contribution < -0.4 is 5.32 Å². The molecule has 0 spiro atoms. The monoisotopic (exact) mass is 261 g/mol. The summed E-state index contributed by atoms with van der Waals surface area (Å²) in [6.07, 6.45) is 3.54. The van der Waals surface area contributed by atoms with Crippen LogP contribution in [0.5, 0.6) is 0 Å². The summed E-state index contributed by atoms with van der Waals surface area (Å²) in [5.41, 5.74) is 2.94. The van der Waals surface area contributed by atoms with E-state index in [0.717, 1.165) is 32.1 Å². The Morgan fingerprint density at radius 3 is 2.47 bits per heavy atom. The van der Waals surface area contributed by atoms with Crippen LogP contribution in [0, 0.1) is 5.92 Å². The molecule has 0 aliphatic carbocycles. The second-order valence-electron chi connectivity index (χ2n) is 6.48. The van der Waals surface area contributed by atoms with Gasteiger partial charge in [-0.3, -0.25) is 0 Å². The zero-order chi connectivity index (χ0) is 13.7. The lowest BCUT2D eigenvalue weighted by Gasteiger charge is -2.34. The van der Waals surface area contributed by atoms with Crippen molar-refractivity contribution in [3.8, 4) is 0 Å². The number of nitrogens with one attached hydrogen (secondary N) is 1. The van der Waals surface area contributed by atoms with Gasteiger partial charge in [-0.25, -0.2) is 0 Å². The van der Waals surface area contributed by atoms with E-state index >= 15 is 0 Å². The quantitative estimate of drug-likeness (QED) is 0.875. The minimum Gasteiger partial charge on any atom is -0.380 e. The summed E-state index contributed by atoms with van der Waals surface area (Å²) in [4.78, 5) is 0. The van der Waals surface area contributed by atoms with Crippen LogP contribution in [0.4, 0.5) is 0 Å². The molecule has 0 bridgehead atoms. The fraction of sp³-hybridized carbons (Fsp3) is 0.647. The van der Waals surface area contributed by atoms with E-state index in [9.17, 15) is 0 Å². The summed E-state index contributed by atoms with van der Waals surface area (Å²) in [6.45, 7) is 9.47. The van der Waals surface area contributed by atoms with Crippen LogP contribution in [0.3, 0.4) is 0 Å². The molecule has 2 rings (SSSR count). The molecule has 1 heterocycles. The molecule has 0 saturated carbocycles. The summed E-state index contributed by atoms with van der Waals surface area (Å²) >= 11 is 0. The van der Waals surface area contributed by atoms with Crippen molar-refractivity contribution in [1.82, 2.24) is 5.32 Å². The van der Waals surface area contributed by atoms with E-state index in [2.05, 4.69) is 50.4 Å². The lowest BCUT2D eigenvalue weighted by Crippen LogP contribution is -2.48. The SMILES string of the molecule is CC(C)Cc1ccc(CNC2(C)CCCOC2)cc1. The van der Waals surface area contributed by atoms with E-state index < -0.39 is 0 Å². The van der Waals surface area contributed by atoms with Gasteiger partial charge < -0.3 is 10.1 Å². The first-order valence-corrected chi connectivity index (χ1v) is 7.48. The average molecular weight is 261 g/mol. The van der Waals surface area contributed by atoms with Gasteiger partial charge in [0.2, 0.25) is 0 Å². The zero-order valence-corrected chi connectivity index (χ0v) is 12.5. The molecule has 1 saturated heterocycles. The van der Waals surface area contributed by atoms with Gasteiger partial charge in [-0.1, -0.05) is 38.1 Å². The van der Waals surface area contributed by atoms with E-state index in [1.165, 1.54) is 24.0 Å². The second kappa shape index (κ2) is 6.53. The van der Waals surface area contributed by atoms with Gasteiger partial charge in [0.05, 0.1) is 6.61 Å². The molecule has 106 valence electrons. The van der Waals surface area contributed by atoms with Gasteiger partial charge in [0, 0.05) is 18.7 Å². The number of benzene rings is 1. The molecule has 0 aromatic heterocycles. The molecule has 2 nitrogen and oxygen atoms in total. The molecule has 1 atom stereocenters. The molecular formula is C17H27NO. The molecule has 1 aromatic rings. The van der Waals surface area contributed by atoms with Gasteiger partial charge in [-0.15, -0.1) is 0 Å². The molecule has 0 amide bonds. The predicted octanol–water partition coefficient (Wildman–Crippen LogP) is 3.54. The molecular weight excluding hydrogens is 234 g/mol.